The summed E-state index contributed by atoms with van der Waals surface area (Å²) in [5.41, 5.74) is 3.98. The van der Waals surface area contributed by atoms with Gasteiger partial charge in [0.2, 0.25) is 0 Å². The Hall–Kier alpha value is -1.49. The van der Waals surface area contributed by atoms with E-state index < -0.39 is 0 Å². The van der Waals surface area contributed by atoms with Crippen molar-refractivity contribution in [1.29, 1.82) is 0 Å². The van der Waals surface area contributed by atoms with Crippen molar-refractivity contribution in [3.8, 4) is 5.75 Å². The van der Waals surface area contributed by atoms with Crippen molar-refractivity contribution < 1.29 is 5.11 Å². The molecule has 2 aromatic carbocycles. The summed E-state index contributed by atoms with van der Waals surface area (Å²) in [7, 11) is 0. The Kier molecular flexibility index (Phi) is 5.21. The van der Waals surface area contributed by atoms with Crippen molar-refractivity contribution in [2.24, 2.45) is 4.99 Å². The van der Waals surface area contributed by atoms with Gasteiger partial charge in [0.1, 0.15) is 5.75 Å². The normalized spacial score (nSPS) is 10.3. The molecule has 0 aromatic heterocycles. The molecule has 18 heavy (non-hydrogen) atoms. The summed E-state index contributed by atoms with van der Waals surface area (Å²) in [6.07, 6.45) is 1.69. The number of phenolic OH excluding ortho intramolecular Hbond substituents is 1. The molecule has 0 saturated carbocycles. The first-order chi connectivity index (χ1) is 8.16. The minimum absolute atomic E-state index is 0. The van der Waals surface area contributed by atoms with Crippen molar-refractivity contribution >= 4 is 30.8 Å². The Labute approximate surface area is 120 Å². The minimum Gasteiger partial charge on any atom is -0.507 e. The second-order valence-electron chi connectivity index (χ2n) is 4.11. The molecule has 2 rings (SSSR count). The molecular formula is C15H15LiNO. The predicted molar refractivity (Wildman–Crippen MR) is 77.0 cm³/mol. The third-order valence-electron chi connectivity index (χ3n) is 2.64. The molecule has 0 atom stereocenters. The molecule has 0 aliphatic rings. The number of aliphatic imine (C=N–C) groups is 1. The molecule has 1 radical (unpaired) electrons. The molecular weight excluding hydrogens is 217 g/mol. The van der Waals surface area contributed by atoms with Gasteiger partial charge in [0.15, 0.2) is 0 Å². The van der Waals surface area contributed by atoms with E-state index >= 15 is 0 Å². The van der Waals surface area contributed by atoms with Crippen molar-refractivity contribution in [1.82, 2.24) is 0 Å². The maximum Gasteiger partial charge on any atom is 0.124 e. The number of rotatable bonds is 2. The molecule has 1 N–H and O–H groups in total. The van der Waals surface area contributed by atoms with Gasteiger partial charge in [-0.15, -0.1) is 0 Å². The number of hydrogen-bond donors (Lipinski definition) is 1. The monoisotopic (exact) mass is 232 g/mol. The summed E-state index contributed by atoms with van der Waals surface area (Å²) in [6.45, 7) is 4.06. The largest absolute Gasteiger partial charge is 0.507 e. The van der Waals surface area contributed by atoms with Crippen molar-refractivity contribution in [2.75, 3.05) is 0 Å². The smallest absolute Gasteiger partial charge is 0.124 e. The average molecular weight is 232 g/mol. The van der Waals surface area contributed by atoms with Gasteiger partial charge in [0.25, 0.3) is 0 Å². The third-order valence-corrected chi connectivity index (χ3v) is 2.64. The first kappa shape index (κ1) is 14.6. The maximum absolute atomic E-state index is 9.62. The fraction of sp³-hybridized carbons (Fsp3) is 0.133. The van der Waals surface area contributed by atoms with Gasteiger partial charge in [0.05, 0.1) is 5.69 Å². The van der Waals surface area contributed by atoms with E-state index in [2.05, 4.69) is 11.1 Å². The van der Waals surface area contributed by atoms with Gasteiger partial charge in [-0.3, -0.25) is 4.99 Å². The van der Waals surface area contributed by atoms with Gasteiger partial charge in [-0.05, 0) is 43.2 Å². The Morgan fingerprint density at radius 1 is 1.06 bits per heavy atom. The number of aromatic hydroxyl groups is 1. The van der Waals surface area contributed by atoms with Crippen molar-refractivity contribution in [2.45, 2.75) is 13.8 Å². The van der Waals surface area contributed by atoms with E-state index in [1.807, 2.05) is 38.1 Å². The van der Waals surface area contributed by atoms with Crippen LogP contribution in [0, 0.1) is 13.8 Å². The molecule has 0 fully saturated rings. The summed E-state index contributed by atoms with van der Waals surface area (Å²) in [4.78, 5) is 4.41. The fourth-order valence-electron chi connectivity index (χ4n) is 1.59. The van der Waals surface area contributed by atoms with Crippen LogP contribution in [0.1, 0.15) is 16.7 Å². The quantitative estimate of drug-likeness (QED) is 0.624. The van der Waals surface area contributed by atoms with Crippen LogP contribution in [-0.2, 0) is 0 Å². The van der Waals surface area contributed by atoms with E-state index in [1.54, 1.807) is 18.3 Å². The van der Waals surface area contributed by atoms with E-state index in [4.69, 9.17) is 0 Å². The molecule has 2 aromatic rings. The van der Waals surface area contributed by atoms with Crippen LogP contribution < -0.4 is 0 Å². The molecule has 0 aliphatic carbocycles. The van der Waals surface area contributed by atoms with Crippen LogP contribution in [0.4, 0.5) is 5.69 Å². The number of benzene rings is 2. The minimum atomic E-state index is 0. The van der Waals surface area contributed by atoms with E-state index in [0.717, 1.165) is 16.8 Å². The van der Waals surface area contributed by atoms with Gasteiger partial charge in [-0.2, -0.15) is 0 Å². The zero-order valence-corrected chi connectivity index (χ0v) is 11.0. The molecule has 0 heterocycles. The van der Waals surface area contributed by atoms with Crippen LogP contribution in [0.25, 0.3) is 0 Å². The van der Waals surface area contributed by atoms with Crippen molar-refractivity contribution in [3.63, 3.8) is 0 Å². The molecule has 0 unspecified atom stereocenters. The topological polar surface area (TPSA) is 32.6 Å². The van der Waals surface area contributed by atoms with Crippen LogP contribution in [0.15, 0.2) is 47.5 Å². The van der Waals surface area contributed by atoms with Gasteiger partial charge < -0.3 is 5.11 Å². The average Bonchev–Trinajstić information content (AvgIpc) is 2.32. The predicted octanol–water partition coefficient (Wildman–Crippen LogP) is 3.38. The Balaban J connectivity index is 0.00000162. The summed E-state index contributed by atoms with van der Waals surface area (Å²) < 4.78 is 0. The van der Waals surface area contributed by atoms with Crippen LogP contribution in [0.2, 0.25) is 0 Å². The molecule has 0 spiro atoms. The summed E-state index contributed by atoms with van der Waals surface area (Å²) in [5.74, 6) is 0.251. The second kappa shape index (κ2) is 6.44. The van der Waals surface area contributed by atoms with Crippen LogP contribution >= 0.6 is 0 Å². The first-order valence-corrected chi connectivity index (χ1v) is 5.56. The van der Waals surface area contributed by atoms with Crippen molar-refractivity contribution in [3.05, 3.63) is 59.2 Å². The summed E-state index contributed by atoms with van der Waals surface area (Å²) >= 11 is 0. The number of phenols is 1. The second-order valence-corrected chi connectivity index (χ2v) is 4.11. The first-order valence-electron chi connectivity index (χ1n) is 5.56. The molecule has 0 aliphatic heterocycles. The Bertz CT molecular complexity index is 564. The van der Waals surface area contributed by atoms with Crippen LogP contribution in [0.3, 0.4) is 0 Å². The number of hydrogen-bond acceptors (Lipinski definition) is 2. The van der Waals surface area contributed by atoms with E-state index in [1.165, 1.54) is 5.56 Å². The zero-order chi connectivity index (χ0) is 12.3. The van der Waals surface area contributed by atoms with E-state index in [-0.39, 0.29) is 24.6 Å². The van der Waals surface area contributed by atoms with E-state index in [9.17, 15) is 5.11 Å². The summed E-state index contributed by atoms with van der Waals surface area (Å²) in [6, 6.07) is 13.3. The number of aryl methyl sites for hydroxylation is 2. The maximum atomic E-state index is 9.62. The molecule has 87 valence electrons. The van der Waals surface area contributed by atoms with Gasteiger partial charge in [-0.25, -0.2) is 0 Å². The molecule has 2 nitrogen and oxygen atoms in total. The molecule has 0 amide bonds. The van der Waals surface area contributed by atoms with Crippen LogP contribution in [0.5, 0.6) is 5.75 Å². The molecule has 0 saturated heterocycles. The fourth-order valence-corrected chi connectivity index (χ4v) is 1.59. The van der Waals surface area contributed by atoms with Gasteiger partial charge >= 0.3 is 0 Å². The molecule has 3 heteroatoms. The Morgan fingerprint density at radius 3 is 2.50 bits per heavy atom. The third kappa shape index (κ3) is 3.50. The van der Waals surface area contributed by atoms with Gasteiger partial charge in [-0.1, -0.05) is 24.3 Å². The van der Waals surface area contributed by atoms with Crippen LogP contribution in [-0.4, -0.2) is 30.2 Å². The number of nitrogens with zero attached hydrogens (tertiary/aromatic N) is 1. The Morgan fingerprint density at radius 2 is 1.78 bits per heavy atom. The SMILES string of the molecule is Cc1ccc(C)c(N=Cc2ccccc2O)c1.[Li]. The number of para-hydroxylation sites is 1. The zero-order valence-electron chi connectivity index (χ0n) is 11.0. The summed E-state index contributed by atoms with van der Waals surface area (Å²) in [5, 5.41) is 9.62. The van der Waals surface area contributed by atoms with Gasteiger partial charge in [0, 0.05) is 30.6 Å². The van der Waals surface area contributed by atoms with E-state index in [0.29, 0.717) is 0 Å². The standard InChI is InChI=1S/C15H15NO.Li/c1-11-7-8-12(2)14(9-11)16-10-13-5-3-4-6-15(13)17;/h3-10,17H,1-2H3;. The molecule has 0 bridgehead atoms.